The van der Waals surface area contributed by atoms with Crippen LogP contribution < -0.4 is 0 Å². The van der Waals surface area contributed by atoms with E-state index in [-0.39, 0.29) is 12.2 Å². The van der Waals surface area contributed by atoms with Gasteiger partial charge in [0, 0.05) is 69.5 Å². The summed E-state index contributed by atoms with van der Waals surface area (Å²) in [6, 6.07) is 13.7. The van der Waals surface area contributed by atoms with Gasteiger partial charge in [-0.2, -0.15) is 13.2 Å². The number of nitro groups is 1. The van der Waals surface area contributed by atoms with E-state index >= 15 is 0 Å². The van der Waals surface area contributed by atoms with Gasteiger partial charge in [0.15, 0.2) is 0 Å². The van der Waals surface area contributed by atoms with Gasteiger partial charge in [0.2, 0.25) is 0 Å². The molecule has 7 nitrogen and oxygen atoms in total. The van der Waals surface area contributed by atoms with Crippen LogP contribution in [0.4, 0.5) is 18.9 Å². The number of rotatable bonds is 7. The van der Waals surface area contributed by atoms with Gasteiger partial charge in [0.1, 0.15) is 11.5 Å². The van der Waals surface area contributed by atoms with Gasteiger partial charge in [-0.05, 0) is 11.6 Å². The van der Waals surface area contributed by atoms with Crippen molar-refractivity contribution in [3.8, 4) is 11.3 Å². The Morgan fingerprint density at radius 3 is 2.45 bits per heavy atom. The fourth-order valence-electron chi connectivity index (χ4n) is 3.96. The summed E-state index contributed by atoms with van der Waals surface area (Å²) in [5.74, 6) is 0.679. The molecule has 0 amide bonds. The lowest BCUT2D eigenvalue weighted by molar-refractivity contribution is -0.384. The quantitative estimate of drug-likeness (QED) is 0.378. The summed E-state index contributed by atoms with van der Waals surface area (Å²) in [5, 5.41) is 15.0. The molecule has 2 aromatic carbocycles. The second-order valence-electron chi connectivity index (χ2n) is 8.01. The summed E-state index contributed by atoms with van der Waals surface area (Å²) in [6.45, 7) is 3.87. The molecule has 4 rings (SSSR count). The van der Waals surface area contributed by atoms with Crippen molar-refractivity contribution in [3.05, 3.63) is 81.6 Å². The molecular formula is C23H23F3N4O3. The van der Waals surface area contributed by atoms with E-state index in [1.165, 1.54) is 24.3 Å². The Hall–Kier alpha value is -3.24. The van der Waals surface area contributed by atoms with E-state index in [9.17, 15) is 23.3 Å². The summed E-state index contributed by atoms with van der Waals surface area (Å²) in [6.07, 6.45) is -3.72. The smallest absolute Gasteiger partial charge is 0.361 e. The molecule has 33 heavy (non-hydrogen) atoms. The fraction of sp³-hybridized carbons (Fsp3) is 0.348. The number of hydrogen-bond acceptors (Lipinski definition) is 6. The molecule has 2 heterocycles. The average molecular weight is 460 g/mol. The number of aromatic nitrogens is 1. The minimum atomic E-state index is -4.35. The first kappa shape index (κ1) is 22.9. The van der Waals surface area contributed by atoms with Crippen molar-refractivity contribution in [2.24, 2.45) is 0 Å². The fourth-order valence-corrected chi connectivity index (χ4v) is 3.96. The number of non-ortho nitro benzene ring substituents is 1. The second-order valence-corrected chi connectivity index (χ2v) is 8.01. The van der Waals surface area contributed by atoms with E-state index in [2.05, 4.69) is 10.1 Å². The first-order valence-electron chi connectivity index (χ1n) is 10.6. The minimum absolute atomic E-state index is 0.00669. The summed E-state index contributed by atoms with van der Waals surface area (Å²) < 4.78 is 45.1. The van der Waals surface area contributed by atoms with Crippen LogP contribution in [0.2, 0.25) is 0 Å². The van der Waals surface area contributed by atoms with Crippen LogP contribution in [0.1, 0.15) is 16.9 Å². The third kappa shape index (κ3) is 5.77. The number of halogens is 3. The van der Waals surface area contributed by atoms with Gasteiger partial charge in [-0.1, -0.05) is 35.5 Å². The molecule has 0 spiro atoms. The SMILES string of the molecule is O=[N+]([O-])c1cccc(-c2cc(CCN3CCN(Cc4ccccc4C(F)(F)F)CC3)on2)c1. The Kier molecular flexibility index (Phi) is 6.75. The van der Waals surface area contributed by atoms with Crippen molar-refractivity contribution >= 4 is 5.69 Å². The van der Waals surface area contributed by atoms with Crippen molar-refractivity contribution in [1.29, 1.82) is 0 Å². The zero-order valence-corrected chi connectivity index (χ0v) is 17.8. The predicted molar refractivity (Wildman–Crippen MR) is 115 cm³/mol. The molecule has 0 N–H and O–H groups in total. The second kappa shape index (κ2) is 9.72. The lowest BCUT2D eigenvalue weighted by atomic mass is 10.1. The van der Waals surface area contributed by atoms with E-state index in [1.807, 2.05) is 4.90 Å². The summed E-state index contributed by atoms with van der Waals surface area (Å²) in [7, 11) is 0. The Balaban J connectivity index is 1.28. The van der Waals surface area contributed by atoms with Crippen molar-refractivity contribution in [2.45, 2.75) is 19.1 Å². The third-order valence-electron chi connectivity index (χ3n) is 5.77. The van der Waals surface area contributed by atoms with Crippen LogP contribution >= 0.6 is 0 Å². The molecule has 174 valence electrons. The number of nitro benzene ring substituents is 1. The summed E-state index contributed by atoms with van der Waals surface area (Å²) >= 11 is 0. The highest BCUT2D eigenvalue weighted by atomic mass is 19.4. The molecule has 1 aliphatic rings. The number of benzene rings is 2. The maximum absolute atomic E-state index is 13.2. The molecular weight excluding hydrogens is 437 g/mol. The molecule has 1 saturated heterocycles. The van der Waals surface area contributed by atoms with Crippen molar-refractivity contribution in [3.63, 3.8) is 0 Å². The molecule has 0 unspecified atom stereocenters. The lowest BCUT2D eigenvalue weighted by Gasteiger charge is -2.35. The molecule has 0 bridgehead atoms. The van der Waals surface area contributed by atoms with E-state index in [1.54, 1.807) is 24.3 Å². The molecule has 3 aromatic rings. The number of hydrogen-bond donors (Lipinski definition) is 0. The maximum atomic E-state index is 13.2. The highest BCUT2D eigenvalue weighted by Gasteiger charge is 2.33. The van der Waals surface area contributed by atoms with Crippen molar-refractivity contribution in [2.75, 3.05) is 32.7 Å². The first-order chi connectivity index (χ1) is 15.8. The van der Waals surface area contributed by atoms with Crippen molar-refractivity contribution in [1.82, 2.24) is 15.0 Å². The standard InChI is InChI=1S/C23H23F3N4O3/c24-23(25,26)21-7-2-1-4-18(21)16-29-12-10-28(11-13-29)9-8-20-15-22(27-33-20)17-5-3-6-19(14-17)30(31)32/h1-7,14-15H,8-13,16H2. The Morgan fingerprint density at radius 2 is 1.73 bits per heavy atom. The number of nitrogens with zero attached hydrogens (tertiary/aromatic N) is 4. The Bertz CT molecular complexity index is 1110. The molecule has 0 atom stereocenters. The van der Waals surface area contributed by atoms with Gasteiger partial charge in [-0.15, -0.1) is 0 Å². The van der Waals surface area contributed by atoms with Crippen LogP contribution in [-0.4, -0.2) is 52.6 Å². The molecule has 1 aromatic heterocycles. The summed E-state index contributed by atoms with van der Waals surface area (Å²) in [5.41, 5.74) is 0.882. The third-order valence-corrected chi connectivity index (χ3v) is 5.77. The van der Waals surface area contributed by atoms with Crippen LogP contribution in [0.15, 0.2) is 59.1 Å². The highest BCUT2D eigenvalue weighted by molar-refractivity contribution is 5.62. The number of alkyl halides is 3. The van der Waals surface area contributed by atoms with Crippen molar-refractivity contribution < 1.29 is 22.6 Å². The van der Waals surface area contributed by atoms with Crippen LogP contribution in [0, 0.1) is 10.1 Å². The van der Waals surface area contributed by atoms with Crippen LogP contribution in [-0.2, 0) is 19.1 Å². The highest BCUT2D eigenvalue weighted by Crippen LogP contribution is 2.32. The zero-order valence-electron chi connectivity index (χ0n) is 17.8. The summed E-state index contributed by atoms with van der Waals surface area (Å²) in [4.78, 5) is 14.8. The lowest BCUT2D eigenvalue weighted by Crippen LogP contribution is -2.46. The van der Waals surface area contributed by atoms with E-state index in [4.69, 9.17) is 4.52 Å². The zero-order chi connectivity index (χ0) is 23.4. The van der Waals surface area contributed by atoms with Crippen LogP contribution in [0.25, 0.3) is 11.3 Å². The van der Waals surface area contributed by atoms with Gasteiger partial charge >= 0.3 is 6.18 Å². The molecule has 0 aliphatic carbocycles. The van der Waals surface area contributed by atoms with E-state index in [0.717, 1.165) is 25.7 Å². The monoisotopic (exact) mass is 460 g/mol. The Morgan fingerprint density at radius 1 is 1.00 bits per heavy atom. The largest absolute Gasteiger partial charge is 0.416 e. The Labute approximate surface area is 188 Å². The predicted octanol–water partition coefficient (Wildman–Crippen LogP) is 4.63. The topological polar surface area (TPSA) is 75.7 Å². The van der Waals surface area contributed by atoms with Gasteiger partial charge in [0.25, 0.3) is 5.69 Å². The van der Waals surface area contributed by atoms with Gasteiger partial charge in [-0.3, -0.25) is 15.0 Å². The van der Waals surface area contributed by atoms with Gasteiger partial charge < -0.3 is 9.42 Å². The van der Waals surface area contributed by atoms with Crippen LogP contribution in [0.5, 0.6) is 0 Å². The molecule has 0 saturated carbocycles. The van der Waals surface area contributed by atoms with Gasteiger partial charge in [-0.25, -0.2) is 0 Å². The average Bonchev–Trinajstić information content (AvgIpc) is 3.27. The van der Waals surface area contributed by atoms with Gasteiger partial charge in [0.05, 0.1) is 10.5 Å². The molecule has 10 heteroatoms. The maximum Gasteiger partial charge on any atom is 0.416 e. The molecule has 1 fully saturated rings. The van der Waals surface area contributed by atoms with E-state index < -0.39 is 16.7 Å². The number of piperazine rings is 1. The molecule has 1 aliphatic heterocycles. The molecule has 0 radical (unpaired) electrons. The van der Waals surface area contributed by atoms with E-state index in [0.29, 0.717) is 42.1 Å². The van der Waals surface area contributed by atoms with Crippen LogP contribution in [0.3, 0.4) is 0 Å². The normalized spacial score (nSPS) is 15.6. The minimum Gasteiger partial charge on any atom is -0.361 e. The first-order valence-corrected chi connectivity index (χ1v) is 10.6.